The van der Waals surface area contributed by atoms with Gasteiger partial charge in [-0.05, 0) is 18.9 Å². The zero-order valence-corrected chi connectivity index (χ0v) is 12.5. The molecule has 0 unspecified atom stereocenters. The summed E-state index contributed by atoms with van der Waals surface area (Å²) < 4.78 is 7.66. The first-order chi connectivity index (χ1) is 10.3. The van der Waals surface area contributed by atoms with Crippen LogP contribution in [-0.2, 0) is 6.54 Å². The minimum Gasteiger partial charge on any atom is -0.460 e. The summed E-state index contributed by atoms with van der Waals surface area (Å²) in [6.45, 7) is 3.88. The van der Waals surface area contributed by atoms with Crippen LogP contribution in [0.1, 0.15) is 12.8 Å². The number of ether oxygens (including phenoxy) is 1. The Kier molecular flexibility index (Phi) is 4.67. The number of piperidine rings is 1. The van der Waals surface area contributed by atoms with Gasteiger partial charge in [0.15, 0.2) is 0 Å². The van der Waals surface area contributed by atoms with Crippen molar-refractivity contribution in [3.05, 3.63) is 35.9 Å². The predicted molar refractivity (Wildman–Crippen MR) is 79.4 cm³/mol. The lowest BCUT2D eigenvalue weighted by atomic mass is 10.1. The molecule has 112 valence electrons. The molecule has 1 saturated heterocycles. The van der Waals surface area contributed by atoms with Crippen molar-refractivity contribution in [3.8, 4) is 6.01 Å². The maximum atomic E-state index is 5.85. The van der Waals surface area contributed by atoms with E-state index in [-0.39, 0.29) is 6.10 Å². The molecular weight excluding hydrogens is 290 g/mol. The quantitative estimate of drug-likeness (QED) is 0.844. The molecule has 1 aliphatic heterocycles. The van der Waals surface area contributed by atoms with E-state index in [0.717, 1.165) is 39.0 Å². The highest BCUT2D eigenvalue weighted by Crippen LogP contribution is 2.15. The number of likely N-dealkylation sites (tertiary alicyclic amines) is 1. The van der Waals surface area contributed by atoms with Gasteiger partial charge in [0.2, 0.25) is 0 Å². The van der Waals surface area contributed by atoms with Gasteiger partial charge in [-0.2, -0.15) is 5.10 Å². The normalized spacial score (nSPS) is 17.0. The van der Waals surface area contributed by atoms with Crippen molar-refractivity contribution in [3.63, 3.8) is 0 Å². The molecule has 0 aliphatic carbocycles. The molecule has 21 heavy (non-hydrogen) atoms. The lowest BCUT2D eigenvalue weighted by Crippen LogP contribution is -2.39. The van der Waals surface area contributed by atoms with E-state index in [1.54, 1.807) is 24.7 Å². The van der Waals surface area contributed by atoms with Gasteiger partial charge in [0.25, 0.3) is 0 Å². The molecule has 1 fully saturated rings. The molecule has 6 nitrogen and oxygen atoms in total. The van der Waals surface area contributed by atoms with Gasteiger partial charge < -0.3 is 9.64 Å². The van der Waals surface area contributed by atoms with Gasteiger partial charge in [-0.15, -0.1) is 0 Å². The van der Waals surface area contributed by atoms with Crippen LogP contribution in [0, 0.1) is 0 Å². The number of aromatic nitrogens is 4. The highest BCUT2D eigenvalue weighted by molar-refractivity contribution is 6.30. The first-order valence-electron chi connectivity index (χ1n) is 7.13. The molecular formula is C14H18ClN5O. The van der Waals surface area contributed by atoms with Crippen molar-refractivity contribution < 1.29 is 4.74 Å². The Morgan fingerprint density at radius 3 is 2.62 bits per heavy atom. The van der Waals surface area contributed by atoms with Crippen LogP contribution in [-0.4, -0.2) is 50.4 Å². The van der Waals surface area contributed by atoms with Crippen molar-refractivity contribution in [2.45, 2.75) is 25.5 Å². The van der Waals surface area contributed by atoms with E-state index in [2.05, 4.69) is 20.0 Å². The highest BCUT2D eigenvalue weighted by Gasteiger charge is 2.21. The fourth-order valence-corrected chi connectivity index (χ4v) is 2.61. The largest absolute Gasteiger partial charge is 0.460 e. The van der Waals surface area contributed by atoms with Crippen molar-refractivity contribution in [2.75, 3.05) is 19.6 Å². The van der Waals surface area contributed by atoms with E-state index in [9.17, 15) is 0 Å². The summed E-state index contributed by atoms with van der Waals surface area (Å²) >= 11 is 5.85. The Labute approximate surface area is 128 Å². The number of halogens is 1. The molecule has 3 rings (SSSR count). The van der Waals surface area contributed by atoms with Crippen LogP contribution >= 0.6 is 11.6 Å². The van der Waals surface area contributed by atoms with Gasteiger partial charge in [0, 0.05) is 38.2 Å². The standard InChI is InChI=1S/C14H18ClN5O/c15-12-10-18-20(11-12)9-8-19-6-2-13(3-7-19)21-14-16-4-1-5-17-14/h1,4-5,10-11,13H,2-3,6-9H2. The van der Waals surface area contributed by atoms with Crippen LogP contribution in [0.4, 0.5) is 0 Å². The van der Waals surface area contributed by atoms with Crippen molar-refractivity contribution in [1.29, 1.82) is 0 Å². The molecule has 3 heterocycles. The van der Waals surface area contributed by atoms with E-state index in [4.69, 9.17) is 16.3 Å². The van der Waals surface area contributed by atoms with Crippen LogP contribution in [0.25, 0.3) is 0 Å². The average Bonchev–Trinajstić information content (AvgIpc) is 2.93. The maximum Gasteiger partial charge on any atom is 0.316 e. The molecule has 2 aromatic heterocycles. The second-order valence-electron chi connectivity index (χ2n) is 5.11. The van der Waals surface area contributed by atoms with Gasteiger partial charge in [-0.1, -0.05) is 11.6 Å². The zero-order valence-electron chi connectivity index (χ0n) is 11.7. The second kappa shape index (κ2) is 6.87. The number of nitrogens with zero attached hydrogens (tertiary/aromatic N) is 5. The van der Waals surface area contributed by atoms with Gasteiger partial charge in [0.1, 0.15) is 6.10 Å². The Hall–Kier alpha value is -1.66. The minimum absolute atomic E-state index is 0.211. The van der Waals surface area contributed by atoms with E-state index in [1.807, 2.05) is 10.9 Å². The summed E-state index contributed by atoms with van der Waals surface area (Å²) in [5, 5.41) is 4.87. The molecule has 0 aromatic carbocycles. The van der Waals surface area contributed by atoms with Crippen LogP contribution in [0.5, 0.6) is 6.01 Å². The molecule has 0 saturated carbocycles. The maximum absolute atomic E-state index is 5.85. The molecule has 0 spiro atoms. The summed E-state index contributed by atoms with van der Waals surface area (Å²) in [4.78, 5) is 10.6. The Morgan fingerprint density at radius 1 is 1.19 bits per heavy atom. The Balaban J connectivity index is 1.40. The Bertz CT molecular complexity index is 554. The second-order valence-corrected chi connectivity index (χ2v) is 5.55. The van der Waals surface area contributed by atoms with E-state index >= 15 is 0 Å². The van der Waals surface area contributed by atoms with Gasteiger partial charge in [-0.3, -0.25) is 4.68 Å². The van der Waals surface area contributed by atoms with Gasteiger partial charge >= 0.3 is 6.01 Å². The summed E-state index contributed by atoms with van der Waals surface area (Å²) in [7, 11) is 0. The fraction of sp³-hybridized carbons (Fsp3) is 0.500. The first kappa shape index (κ1) is 14.3. The minimum atomic E-state index is 0.211. The third kappa shape index (κ3) is 4.15. The zero-order chi connectivity index (χ0) is 14.5. The molecule has 0 N–H and O–H groups in total. The van der Waals surface area contributed by atoms with Gasteiger partial charge in [0.05, 0.1) is 17.8 Å². The molecule has 1 aliphatic rings. The van der Waals surface area contributed by atoms with Crippen molar-refractivity contribution >= 4 is 11.6 Å². The Morgan fingerprint density at radius 2 is 1.95 bits per heavy atom. The first-order valence-corrected chi connectivity index (χ1v) is 7.51. The van der Waals surface area contributed by atoms with Gasteiger partial charge in [-0.25, -0.2) is 9.97 Å². The van der Waals surface area contributed by atoms with Crippen molar-refractivity contribution in [1.82, 2.24) is 24.6 Å². The monoisotopic (exact) mass is 307 g/mol. The molecule has 0 amide bonds. The van der Waals surface area contributed by atoms with Crippen molar-refractivity contribution in [2.24, 2.45) is 0 Å². The lowest BCUT2D eigenvalue weighted by molar-refractivity contribution is 0.0904. The summed E-state index contributed by atoms with van der Waals surface area (Å²) in [6, 6.07) is 2.26. The van der Waals surface area contributed by atoms with E-state index < -0.39 is 0 Å². The summed E-state index contributed by atoms with van der Waals surface area (Å²) in [5.41, 5.74) is 0. The molecule has 7 heteroatoms. The smallest absolute Gasteiger partial charge is 0.316 e. The SMILES string of the molecule is Clc1cnn(CCN2CCC(Oc3ncccn3)CC2)c1. The topological polar surface area (TPSA) is 56.1 Å². The number of hydrogen-bond donors (Lipinski definition) is 0. The molecule has 0 atom stereocenters. The molecule has 2 aromatic rings. The van der Waals surface area contributed by atoms with Crippen LogP contribution in [0.2, 0.25) is 5.02 Å². The summed E-state index contributed by atoms with van der Waals surface area (Å²) in [5.74, 6) is 0. The molecule has 0 radical (unpaired) electrons. The lowest BCUT2D eigenvalue weighted by Gasteiger charge is -2.31. The number of hydrogen-bond acceptors (Lipinski definition) is 5. The van der Waals surface area contributed by atoms with Crippen LogP contribution < -0.4 is 4.74 Å². The van der Waals surface area contributed by atoms with E-state index in [0.29, 0.717) is 11.0 Å². The number of rotatable bonds is 5. The fourth-order valence-electron chi connectivity index (χ4n) is 2.45. The average molecular weight is 308 g/mol. The van der Waals surface area contributed by atoms with Crippen LogP contribution in [0.15, 0.2) is 30.9 Å². The third-order valence-electron chi connectivity index (χ3n) is 3.60. The van der Waals surface area contributed by atoms with E-state index in [1.165, 1.54) is 0 Å². The van der Waals surface area contributed by atoms with Crippen LogP contribution in [0.3, 0.4) is 0 Å². The highest BCUT2D eigenvalue weighted by atomic mass is 35.5. The third-order valence-corrected chi connectivity index (χ3v) is 3.79. The predicted octanol–water partition coefficient (Wildman–Crippen LogP) is 1.87. The summed E-state index contributed by atoms with van der Waals surface area (Å²) in [6.07, 6.45) is 9.13. The molecule has 0 bridgehead atoms.